The third kappa shape index (κ3) is 3.40. The molecule has 1 aliphatic heterocycles. The van der Waals surface area contributed by atoms with E-state index in [1.165, 1.54) is 6.92 Å². The maximum atomic E-state index is 11.7. The smallest absolute Gasteiger partial charge is 0.302 e. The Labute approximate surface area is 106 Å². The van der Waals surface area contributed by atoms with Crippen LogP contribution in [0.2, 0.25) is 0 Å². The summed E-state index contributed by atoms with van der Waals surface area (Å²) in [6.45, 7) is 1.49. The van der Waals surface area contributed by atoms with Gasteiger partial charge in [0.15, 0.2) is 0 Å². The molecule has 0 saturated carbocycles. The number of rotatable bonds is 3. The second-order valence-corrected chi connectivity index (χ2v) is 4.41. The fraction of sp³-hybridized carbons (Fsp3) is 0.429. The minimum Gasteiger partial charge on any atom is -0.463 e. The van der Waals surface area contributed by atoms with Gasteiger partial charge in [-0.1, -0.05) is 30.3 Å². The zero-order valence-corrected chi connectivity index (χ0v) is 10.3. The van der Waals surface area contributed by atoms with Crippen LogP contribution in [-0.2, 0) is 19.1 Å². The Morgan fingerprint density at radius 1 is 1.33 bits per heavy atom. The monoisotopic (exact) mass is 248 g/mol. The highest BCUT2D eigenvalue weighted by Gasteiger charge is 2.29. The van der Waals surface area contributed by atoms with Gasteiger partial charge in [-0.3, -0.25) is 9.59 Å². The van der Waals surface area contributed by atoms with Crippen LogP contribution in [0, 0.1) is 0 Å². The predicted molar refractivity (Wildman–Crippen MR) is 64.9 cm³/mol. The van der Waals surface area contributed by atoms with E-state index in [9.17, 15) is 9.59 Å². The van der Waals surface area contributed by atoms with E-state index in [0.29, 0.717) is 12.8 Å². The Bertz CT molecular complexity index is 427. The van der Waals surface area contributed by atoms with Crippen LogP contribution in [0.4, 0.5) is 0 Å². The van der Waals surface area contributed by atoms with E-state index in [2.05, 4.69) is 0 Å². The van der Waals surface area contributed by atoms with Crippen molar-refractivity contribution < 1.29 is 19.1 Å². The minimum atomic E-state index is -0.354. The first-order valence-electron chi connectivity index (χ1n) is 6.00. The molecule has 4 nitrogen and oxygen atoms in total. The van der Waals surface area contributed by atoms with Crippen LogP contribution in [0.5, 0.6) is 0 Å². The molecule has 1 heterocycles. The molecule has 4 heteroatoms. The molecular formula is C14H16O4. The summed E-state index contributed by atoms with van der Waals surface area (Å²) in [7, 11) is 0. The van der Waals surface area contributed by atoms with E-state index in [1.807, 2.05) is 30.3 Å². The van der Waals surface area contributed by atoms with E-state index >= 15 is 0 Å². The molecule has 1 aliphatic rings. The van der Waals surface area contributed by atoms with Crippen LogP contribution in [0.3, 0.4) is 0 Å². The average molecular weight is 248 g/mol. The third-order valence-corrected chi connectivity index (χ3v) is 2.87. The van der Waals surface area contributed by atoms with Gasteiger partial charge in [0, 0.05) is 19.8 Å². The molecule has 0 N–H and O–H groups in total. The molecule has 2 atom stereocenters. The first kappa shape index (κ1) is 12.8. The molecule has 0 unspecified atom stereocenters. The zero-order valence-electron chi connectivity index (χ0n) is 10.3. The van der Waals surface area contributed by atoms with E-state index in [1.54, 1.807) is 0 Å². The Morgan fingerprint density at radius 3 is 2.72 bits per heavy atom. The van der Waals surface area contributed by atoms with Crippen LogP contribution in [0.15, 0.2) is 30.3 Å². The normalized spacial score (nSPS) is 23.7. The number of ketones is 1. The molecule has 0 aromatic heterocycles. The van der Waals surface area contributed by atoms with Crippen molar-refractivity contribution in [3.8, 4) is 0 Å². The van der Waals surface area contributed by atoms with Gasteiger partial charge in [-0.2, -0.15) is 0 Å². The minimum absolute atomic E-state index is 0.143. The van der Waals surface area contributed by atoms with Crippen molar-refractivity contribution in [2.75, 3.05) is 6.61 Å². The zero-order chi connectivity index (χ0) is 13.0. The van der Waals surface area contributed by atoms with E-state index in [-0.39, 0.29) is 30.6 Å². The largest absolute Gasteiger partial charge is 0.463 e. The lowest BCUT2D eigenvalue weighted by molar-refractivity contribution is -0.155. The molecule has 1 aromatic rings. The summed E-state index contributed by atoms with van der Waals surface area (Å²) in [6, 6.07) is 9.63. The lowest BCUT2D eigenvalue weighted by Crippen LogP contribution is -2.32. The molecule has 1 aromatic carbocycles. The van der Waals surface area contributed by atoms with Crippen LogP contribution in [-0.4, -0.2) is 24.5 Å². The van der Waals surface area contributed by atoms with Gasteiger partial charge in [0.1, 0.15) is 12.4 Å². The fourth-order valence-electron chi connectivity index (χ4n) is 2.05. The number of carbonyl (C=O) groups excluding carboxylic acids is 2. The number of ether oxygens (including phenoxy) is 2. The lowest BCUT2D eigenvalue weighted by Gasteiger charge is -2.29. The maximum absolute atomic E-state index is 11.7. The van der Waals surface area contributed by atoms with Gasteiger partial charge in [-0.15, -0.1) is 0 Å². The average Bonchev–Trinajstić information content (AvgIpc) is 2.37. The fourth-order valence-corrected chi connectivity index (χ4v) is 2.05. The molecule has 0 aliphatic carbocycles. The molecule has 0 amide bonds. The summed E-state index contributed by atoms with van der Waals surface area (Å²) in [6.07, 6.45) is 0.144. The van der Waals surface area contributed by atoms with Crippen molar-refractivity contribution >= 4 is 11.8 Å². The summed E-state index contributed by atoms with van der Waals surface area (Å²) in [5.74, 6) is -0.208. The summed E-state index contributed by atoms with van der Waals surface area (Å²) >= 11 is 0. The quantitative estimate of drug-likeness (QED) is 0.768. The van der Waals surface area contributed by atoms with Crippen LogP contribution in [0.1, 0.15) is 31.4 Å². The summed E-state index contributed by atoms with van der Waals surface area (Å²) in [4.78, 5) is 22.4. The van der Waals surface area contributed by atoms with Gasteiger partial charge in [0.2, 0.25) is 0 Å². The highest BCUT2D eigenvalue weighted by Crippen LogP contribution is 2.29. The molecule has 0 spiro atoms. The van der Waals surface area contributed by atoms with Gasteiger partial charge < -0.3 is 9.47 Å². The van der Waals surface area contributed by atoms with Crippen molar-refractivity contribution in [1.82, 2.24) is 0 Å². The molecular weight excluding hydrogens is 232 g/mol. The van der Waals surface area contributed by atoms with Crippen LogP contribution in [0.25, 0.3) is 0 Å². The van der Waals surface area contributed by atoms with Crippen LogP contribution >= 0.6 is 0 Å². The highest BCUT2D eigenvalue weighted by atomic mass is 16.6. The van der Waals surface area contributed by atoms with Crippen molar-refractivity contribution in [1.29, 1.82) is 0 Å². The molecule has 2 rings (SSSR count). The Morgan fingerprint density at radius 2 is 2.06 bits per heavy atom. The molecule has 0 bridgehead atoms. The maximum Gasteiger partial charge on any atom is 0.302 e. The summed E-state index contributed by atoms with van der Waals surface area (Å²) in [5, 5.41) is 0. The van der Waals surface area contributed by atoms with E-state index in [0.717, 1.165) is 5.56 Å². The first-order valence-corrected chi connectivity index (χ1v) is 6.00. The van der Waals surface area contributed by atoms with Crippen molar-refractivity contribution in [2.45, 2.75) is 32.0 Å². The molecule has 96 valence electrons. The van der Waals surface area contributed by atoms with Crippen molar-refractivity contribution in [2.24, 2.45) is 0 Å². The van der Waals surface area contributed by atoms with Gasteiger partial charge in [-0.25, -0.2) is 0 Å². The molecule has 0 radical (unpaired) electrons. The molecule has 1 saturated heterocycles. The summed E-state index contributed by atoms with van der Waals surface area (Å²) < 4.78 is 10.7. The van der Waals surface area contributed by atoms with E-state index in [4.69, 9.17) is 9.47 Å². The lowest BCUT2D eigenvalue weighted by atomic mass is 9.97. The number of benzene rings is 1. The van der Waals surface area contributed by atoms with Gasteiger partial charge in [0.25, 0.3) is 0 Å². The highest BCUT2D eigenvalue weighted by molar-refractivity contribution is 5.80. The number of carbonyl (C=O) groups is 2. The summed E-state index contributed by atoms with van der Waals surface area (Å²) in [5.41, 5.74) is 0.985. The second kappa shape index (κ2) is 5.78. The van der Waals surface area contributed by atoms with Crippen molar-refractivity contribution in [3.05, 3.63) is 35.9 Å². The number of hydrogen-bond acceptors (Lipinski definition) is 4. The third-order valence-electron chi connectivity index (χ3n) is 2.87. The van der Waals surface area contributed by atoms with Crippen LogP contribution < -0.4 is 0 Å². The number of hydrogen-bond donors (Lipinski definition) is 0. The van der Waals surface area contributed by atoms with Gasteiger partial charge in [0.05, 0.1) is 12.2 Å². The Kier molecular flexibility index (Phi) is 4.10. The number of esters is 1. The van der Waals surface area contributed by atoms with Gasteiger partial charge in [-0.05, 0) is 5.56 Å². The molecule has 1 fully saturated rings. The SMILES string of the molecule is CC(=O)OC[C@@H]1CC(=O)C[C@@H](c2ccccc2)O1. The number of Topliss-reactive ketones (excluding diaryl/α,β-unsaturated/α-hetero) is 1. The standard InChI is InChI=1S/C14H16O4/c1-10(15)17-9-13-7-12(16)8-14(18-13)11-5-3-2-4-6-11/h2-6,13-14H,7-9H2,1H3/t13-,14-/m0/s1. The van der Waals surface area contributed by atoms with Crippen molar-refractivity contribution in [3.63, 3.8) is 0 Å². The Balaban J connectivity index is 2.00. The predicted octanol–water partition coefficient (Wildman–Crippen LogP) is 2.04. The Hall–Kier alpha value is -1.68. The van der Waals surface area contributed by atoms with E-state index < -0.39 is 0 Å². The molecule has 18 heavy (non-hydrogen) atoms. The van der Waals surface area contributed by atoms with Gasteiger partial charge >= 0.3 is 5.97 Å². The first-order chi connectivity index (χ1) is 8.65. The second-order valence-electron chi connectivity index (χ2n) is 4.41. The topological polar surface area (TPSA) is 52.6 Å².